The first-order chi connectivity index (χ1) is 11.1. The van der Waals surface area contributed by atoms with Gasteiger partial charge in [0, 0.05) is 13.8 Å². The minimum Gasteiger partial charge on any atom is -0.548 e. The van der Waals surface area contributed by atoms with Gasteiger partial charge in [0.1, 0.15) is 0 Å². The Morgan fingerprint density at radius 1 is 0.800 bits per heavy atom. The maximum atomic E-state index is 10.5. The van der Waals surface area contributed by atoms with Gasteiger partial charge in [0.15, 0.2) is 0 Å². The van der Waals surface area contributed by atoms with Crippen LogP contribution in [0.3, 0.4) is 0 Å². The first kappa shape index (κ1) is 28.9. The Kier molecular flexibility index (Phi) is 20.7. The van der Waals surface area contributed by atoms with Crippen LogP contribution in [0.15, 0.2) is 0 Å². The fourth-order valence-electron chi connectivity index (χ4n) is 1.46. The number of carbonyl (C=O) groups is 4. The molecule has 0 aromatic rings. The molecule has 147 valence electrons. The van der Waals surface area contributed by atoms with Gasteiger partial charge in [-0.25, -0.2) is 0 Å². The molecule has 0 aliphatic carbocycles. The maximum Gasteiger partial charge on any atom is 2.00 e. The molecule has 0 aliphatic heterocycles. The van der Waals surface area contributed by atoms with Gasteiger partial charge in [-0.05, 0) is 36.9 Å². The Morgan fingerprint density at radius 3 is 1.24 bits per heavy atom. The number of thioether (sulfide) groups is 2. The molecule has 2 N–H and O–H groups in total. The van der Waals surface area contributed by atoms with Crippen molar-refractivity contribution in [3.63, 3.8) is 0 Å². The molecule has 8 nitrogen and oxygen atoms in total. The summed E-state index contributed by atoms with van der Waals surface area (Å²) < 4.78 is 0. The summed E-state index contributed by atoms with van der Waals surface area (Å²) in [5, 5.41) is 25.4. The molecule has 2 atom stereocenters. The Labute approximate surface area is 166 Å². The Hall–Kier alpha value is -0.914. The second kappa shape index (κ2) is 17.9. The van der Waals surface area contributed by atoms with E-state index in [2.05, 4.69) is 10.6 Å². The number of rotatable bonds is 10. The molecule has 25 heavy (non-hydrogen) atoms. The molecular weight excluding hydrogens is 415 g/mol. The molecular formula is C14H24CoN2O6S2. The van der Waals surface area contributed by atoms with Crippen molar-refractivity contribution in [1.82, 2.24) is 10.6 Å². The van der Waals surface area contributed by atoms with E-state index in [1.807, 2.05) is 12.5 Å². The molecule has 0 bridgehead atoms. The molecule has 0 heterocycles. The predicted octanol–water partition coefficient (Wildman–Crippen LogP) is -2.01. The van der Waals surface area contributed by atoms with Crippen LogP contribution in [0.4, 0.5) is 0 Å². The van der Waals surface area contributed by atoms with E-state index >= 15 is 0 Å². The van der Waals surface area contributed by atoms with Gasteiger partial charge in [-0.15, -0.1) is 0 Å². The second-order valence-electron chi connectivity index (χ2n) is 4.71. The molecule has 2 amide bonds. The van der Waals surface area contributed by atoms with Crippen molar-refractivity contribution in [2.75, 3.05) is 24.0 Å². The van der Waals surface area contributed by atoms with Crippen molar-refractivity contribution in [3.8, 4) is 0 Å². The first-order valence-corrected chi connectivity index (χ1v) is 9.88. The summed E-state index contributed by atoms with van der Waals surface area (Å²) in [6.45, 7) is 2.57. The first-order valence-electron chi connectivity index (χ1n) is 7.09. The molecule has 0 unspecified atom stereocenters. The average Bonchev–Trinajstić information content (AvgIpc) is 2.47. The number of amides is 2. The topological polar surface area (TPSA) is 138 Å². The minimum atomic E-state index is -1.22. The van der Waals surface area contributed by atoms with Gasteiger partial charge >= 0.3 is 16.8 Å². The zero-order valence-corrected chi connectivity index (χ0v) is 17.3. The van der Waals surface area contributed by atoms with Gasteiger partial charge < -0.3 is 30.4 Å². The van der Waals surface area contributed by atoms with Crippen LogP contribution in [0.5, 0.6) is 0 Å². The summed E-state index contributed by atoms with van der Waals surface area (Å²) in [6, 6.07) is -1.70. The van der Waals surface area contributed by atoms with Gasteiger partial charge in [-0.1, -0.05) is 0 Å². The Balaban J connectivity index is -0.000000372. The monoisotopic (exact) mass is 439 g/mol. The average molecular weight is 439 g/mol. The second-order valence-corrected chi connectivity index (χ2v) is 6.68. The molecule has 0 spiro atoms. The van der Waals surface area contributed by atoms with Crippen LogP contribution >= 0.6 is 23.5 Å². The van der Waals surface area contributed by atoms with Crippen LogP contribution in [0.2, 0.25) is 0 Å². The van der Waals surface area contributed by atoms with Crippen LogP contribution in [0.25, 0.3) is 0 Å². The van der Waals surface area contributed by atoms with Crippen LogP contribution in [-0.2, 0) is 36.0 Å². The summed E-state index contributed by atoms with van der Waals surface area (Å²) in [6.07, 6.45) is 4.56. The van der Waals surface area contributed by atoms with Crippen LogP contribution < -0.4 is 20.8 Å². The molecule has 0 saturated heterocycles. The van der Waals surface area contributed by atoms with Gasteiger partial charge in [0.25, 0.3) is 0 Å². The van der Waals surface area contributed by atoms with E-state index in [0.29, 0.717) is 24.3 Å². The standard InChI is InChI=1S/2C7H13NO3S.Co/c2*1-5(9)8-6(7(10)11)3-4-12-2;/h2*6H,3-4H2,1-2H3,(H,8,9)(H,10,11);/q;;+2/p-2/t2*6-;/m00./s1. The fraction of sp³-hybridized carbons (Fsp3) is 0.714. The molecule has 1 radical (unpaired) electrons. The van der Waals surface area contributed by atoms with E-state index in [0.717, 1.165) is 0 Å². The predicted molar refractivity (Wildman–Crippen MR) is 91.2 cm³/mol. The third-order valence-electron chi connectivity index (χ3n) is 2.55. The summed E-state index contributed by atoms with van der Waals surface area (Å²) in [5.74, 6) is -1.74. The molecule has 0 saturated carbocycles. The van der Waals surface area contributed by atoms with E-state index in [1.54, 1.807) is 0 Å². The zero-order valence-electron chi connectivity index (χ0n) is 14.6. The van der Waals surface area contributed by atoms with E-state index in [-0.39, 0.29) is 28.6 Å². The summed E-state index contributed by atoms with van der Waals surface area (Å²) in [7, 11) is 0. The van der Waals surface area contributed by atoms with Crippen molar-refractivity contribution < 1.29 is 46.2 Å². The van der Waals surface area contributed by atoms with Crippen LogP contribution in [0, 0.1) is 0 Å². The Morgan fingerprint density at radius 2 is 1.08 bits per heavy atom. The summed E-state index contributed by atoms with van der Waals surface area (Å²) in [5.41, 5.74) is 0. The van der Waals surface area contributed by atoms with E-state index in [9.17, 15) is 29.4 Å². The third kappa shape index (κ3) is 19.3. The van der Waals surface area contributed by atoms with E-state index in [4.69, 9.17) is 0 Å². The maximum absolute atomic E-state index is 10.5. The molecule has 0 aromatic carbocycles. The molecule has 11 heteroatoms. The number of hydrogen-bond acceptors (Lipinski definition) is 8. The summed E-state index contributed by atoms with van der Waals surface area (Å²) >= 11 is 3.06. The number of carboxylic acids is 2. The number of hydrogen-bond donors (Lipinski definition) is 2. The molecule has 0 aromatic heterocycles. The smallest absolute Gasteiger partial charge is 0.548 e. The van der Waals surface area contributed by atoms with E-state index in [1.165, 1.54) is 37.4 Å². The Bertz CT molecular complexity index is 388. The largest absolute Gasteiger partial charge is 2.00 e. The van der Waals surface area contributed by atoms with Crippen molar-refractivity contribution in [2.45, 2.75) is 38.8 Å². The van der Waals surface area contributed by atoms with Gasteiger partial charge in [-0.2, -0.15) is 23.5 Å². The number of carbonyl (C=O) groups excluding carboxylic acids is 4. The number of aliphatic carboxylic acids is 2. The minimum absolute atomic E-state index is 0. The zero-order chi connectivity index (χ0) is 19.1. The third-order valence-corrected chi connectivity index (χ3v) is 3.83. The van der Waals surface area contributed by atoms with Gasteiger partial charge in [0.05, 0.1) is 24.0 Å². The molecule has 0 rings (SSSR count). The van der Waals surface area contributed by atoms with Crippen LogP contribution in [0.1, 0.15) is 26.7 Å². The van der Waals surface area contributed by atoms with Gasteiger partial charge in [-0.3, -0.25) is 9.59 Å². The SMILES string of the molecule is CSCC[C@H](NC(C)=O)C(=O)[O-].CSCC[C@H](NC(C)=O)C(=O)[O-].[Co+2]. The van der Waals surface area contributed by atoms with Crippen molar-refractivity contribution >= 4 is 47.3 Å². The number of nitrogens with one attached hydrogen (secondary N) is 2. The fourth-order valence-corrected chi connectivity index (χ4v) is 2.40. The van der Waals surface area contributed by atoms with Crippen molar-refractivity contribution in [3.05, 3.63) is 0 Å². The number of carboxylic acid groups (broad SMARTS) is 2. The van der Waals surface area contributed by atoms with Gasteiger partial charge in [0.2, 0.25) is 11.8 Å². The van der Waals surface area contributed by atoms with Crippen molar-refractivity contribution in [1.29, 1.82) is 0 Å². The van der Waals surface area contributed by atoms with Crippen LogP contribution in [-0.4, -0.2) is 59.9 Å². The summed E-state index contributed by atoms with van der Waals surface area (Å²) in [4.78, 5) is 41.8. The van der Waals surface area contributed by atoms with Crippen molar-refractivity contribution in [2.24, 2.45) is 0 Å². The van der Waals surface area contributed by atoms with E-state index < -0.39 is 24.0 Å². The molecule has 0 fully saturated rings. The quantitative estimate of drug-likeness (QED) is 0.398. The normalized spacial score (nSPS) is 11.7. The molecule has 0 aliphatic rings.